The Kier molecular flexibility index (Phi) is 4.73. The van der Waals surface area contributed by atoms with E-state index in [1.807, 2.05) is 0 Å². The Hall–Kier alpha value is -1.63. The van der Waals surface area contributed by atoms with Crippen LogP contribution in [-0.4, -0.2) is 10.7 Å². The fourth-order valence-corrected chi connectivity index (χ4v) is 1.87. The van der Waals surface area contributed by atoms with E-state index in [-0.39, 0.29) is 5.75 Å². The highest BCUT2D eigenvalue weighted by Crippen LogP contribution is 2.21. The van der Waals surface area contributed by atoms with E-state index in [2.05, 4.69) is 10.3 Å². The number of nitrogens with zero attached hydrogens (tertiary/aromatic N) is 1. The molecule has 0 saturated heterocycles. The number of thioether (sulfide) groups is 1. The van der Waals surface area contributed by atoms with E-state index in [0.717, 1.165) is 0 Å². The van der Waals surface area contributed by atoms with Crippen LogP contribution in [0.25, 0.3) is 0 Å². The molecule has 2 rings (SSSR count). The Labute approximate surface area is 112 Å². The quantitative estimate of drug-likeness (QED) is 0.819. The maximum atomic E-state index is 12.8. The van der Waals surface area contributed by atoms with Crippen molar-refractivity contribution in [3.63, 3.8) is 0 Å². The van der Waals surface area contributed by atoms with Gasteiger partial charge in [0.2, 0.25) is 5.95 Å². The molecule has 0 amide bonds. The second-order valence-corrected chi connectivity index (χ2v) is 4.62. The molecule has 0 bridgehead atoms. The Bertz CT molecular complexity index is 533. The van der Waals surface area contributed by atoms with E-state index in [9.17, 15) is 13.2 Å². The molecule has 1 N–H and O–H groups in total. The average molecular weight is 288 g/mol. The van der Waals surface area contributed by atoms with Gasteiger partial charge in [-0.2, -0.15) is 13.2 Å². The minimum absolute atomic E-state index is 0.121. The number of hydrogen-bond donors (Lipinski definition) is 1. The molecular formula is C12H11F3N2OS. The summed E-state index contributed by atoms with van der Waals surface area (Å²) in [7, 11) is 0. The second kappa shape index (κ2) is 6.51. The van der Waals surface area contributed by atoms with E-state index < -0.39 is 11.7 Å². The summed E-state index contributed by atoms with van der Waals surface area (Å²) in [6.07, 6.45) is 0. The van der Waals surface area contributed by atoms with Gasteiger partial charge in [0.1, 0.15) is 17.3 Å². The number of alkyl halides is 2. The highest BCUT2D eigenvalue weighted by Gasteiger charge is 2.07. The molecule has 0 saturated carbocycles. The Balaban J connectivity index is 1.86. The van der Waals surface area contributed by atoms with Crippen LogP contribution in [0.2, 0.25) is 0 Å². The molecule has 7 heteroatoms. The highest BCUT2D eigenvalue weighted by molar-refractivity contribution is 7.98. The number of rotatable bonds is 6. The molecule has 0 radical (unpaired) electrons. The van der Waals surface area contributed by atoms with Crippen molar-refractivity contribution in [3.8, 4) is 0 Å². The van der Waals surface area contributed by atoms with Gasteiger partial charge in [0.25, 0.3) is 5.76 Å². The molecule has 0 spiro atoms. The van der Waals surface area contributed by atoms with Gasteiger partial charge in [-0.1, -0.05) is 17.8 Å². The summed E-state index contributed by atoms with van der Waals surface area (Å²) in [5.41, 5.74) is 0. The van der Waals surface area contributed by atoms with Gasteiger partial charge in [-0.25, -0.2) is 4.98 Å². The van der Waals surface area contributed by atoms with Crippen LogP contribution in [0, 0.1) is 5.95 Å². The predicted molar refractivity (Wildman–Crippen MR) is 67.5 cm³/mol. The first-order valence-electron chi connectivity index (χ1n) is 5.47. The maximum Gasteiger partial charge on any atom is 0.284 e. The van der Waals surface area contributed by atoms with Gasteiger partial charge in [-0.3, -0.25) is 0 Å². The fourth-order valence-electron chi connectivity index (χ4n) is 1.42. The summed E-state index contributed by atoms with van der Waals surface area (Å²) in [5, 5.41) is 2.88. The molecule has 0 atom stereocenters. The second-order valence-electron chi connectivity index (χ2n) is 3.64. The summed E-state index contributed by atoms with van der Waals surface area (Å²) in [6.45, 7) is 0.315. The van der Waals surface area contributed by atoms with Crippen LogP contribution in [-0.2, 0) is 12.3 Å². The average Bonchev–Trinajstić information content (AvgIpc) is 2.82. The van der Waals surface area contributed by atoms with Crippen LogP contribution in [0.1, 0.15) is 11.5 Å². The van der Waals surface area contributed by atoms with Crippen molar-refractivity contribution in [1.29, 1.82) is 0 Å². The van der Waals surface area contributed by atoms with Gasteiger partial charge in [-0.15, -0.1) is 0 Å². The van der Waals surface area contributed by atoms with Gasteiger partial charge in [0.15, 0.2) is 0 Å². The Morgan fingerprint density at radius 1 is 1.21 bits per heavy atom. The van der Waals surface area contributed by atoms with Gasteiger partial charge < -0.3 is 9.73 Å². The van der Waals surface area contributed by atoms with Crippen LogP contribution in [0.4, 0.5) is 19.0 Å². The summed E-state index contributed by atoms with van der Waals surface area (Å²) in [5.74, 6) is -1.41. The molecule has 0 aromatic carbocycles. The molecule has 0 aliphatic heterocycles. The lowest BCUT2D eigenvalue weighted by Gasteiger charge is -2.03. The monoisotopic (exact) mass is 288 g/mol. The lowest BCUT2D eigenvalue weighted by molar-refractivity contribution is 0.251. The number of anilines is 1. The van der Waals surface area contributed by atoms with Gasteiger partial charge in [0.05, 0.1) is 12.3 Å². The fraction of sp³-hybridized carbons (Fsp3) is 0.250. The van der Waals surface area contributed by atoms with Crippen molar-refractivity contribution in [2.45, 2.75) is 18.1 Å². The number of nitrogens with one attached hydrogen (secondary N) is 1. The third kappa shape index (κ3) is 4.51. The molecule has 0 unspecified atom stereocenters. The lowest BCUT2D eigenvalue weighted by atomic mass is 10.4. The van der Waals surface area contributed by atoms with E-state index in [1.54, 1.807) is 18.2 Å². The van der Waals surface area contributed by atoms with Gasteiger partial charge >= 0.3 is 0 Å². The number of furan rings is 1. The molecule has 2 heterocycles. The van der Waals surface area contributed by atoms with Crippen molar-refractivity contribution in [1.82, 2.24) is 4.98 Å². The van der Waals surface area contributed by atoms with Crippen molar-refractivity contribution in [3.05, 3.63) is 47.8 Å². The van der Waals surface area contributed by atoms with Crippen molar-refractivity contribution < 1.29 is 17.6 Å². The summed E-state index contributed by atoms with van der Waals surface area (Å²) >= 11 is 0.505. The minimum Gasteiger partial charge on any atom is -0.463 e. The highest BCUT2D eigenvalue weighted by atomic mass is 32.2. The van der Waals surface area contributed by atoms with Gasteiger partial charge in [-0.05, 0) is 24.3 Å². The number of halogens is 3. The van der Waals surface area contributed by atoms with Crippen LogP contribution >= 0.6 is 11.8 Å². The molecule has 3 nitrogen and oxygen atoms in total. The van der Waals surface area contributed by atoms with Gasteiger partial charge in [0, 0.05) is 0 Å². The van der Waals surface area contributed by atoms with Crippen LogP contribution in [0.3, 0.4) is 0 Å². The third-order valence-electron chi connectivity index (χ3n) is 2.23. The molecule has 0 fully saturated rings. The van der Waals surface area contributed by atoms with E-state index >= 15 is 0 Å². The first-order chi connectivity index (χ1) is 9.13. The predicted octanol–water partition coefficient (Wildman–Crippen LogP) is 3.88. The lowest BCUT2D eigenvalue weighted by Crippen LogP contribution is -2.00. The number of aromatic nitrogens is 1. The van der Waals surface area contributed by atoms with Crippen molar-refractivity contribution in [2.24, 2.45) is 0 Å². The van der Waals surface area contributed by atoms with E-state index in [1.165, 1.54) is 12.1 Å². The standard InChI is InChI=1S/C12H11F3N2OS/c13-10-2-1-3-11(17-10)16-6-8-4-5-9(18-8)7-19-12(14)15/h1-5,12H,6-7H2,(H,16,17). The molecule has 2 aromatic heterocycles. The summed E-state index contributed by atoms with van der Waals surface area (Å²) in [6, 6.07) is 7.74. The molecule has 2 aromatic rings. The molecule has 0 aliphatic rings. The molecule has 0 aliphatic carbocycles. The van der Waals surface area contributed by atoms with Crippen LogP contribution < -0.4 is 5.32 Å². The largest absolute Gasteiger partial charge is 0.463 e. The Morgan fingerprint density at radius 2 is 2.00 bits per heavy atom. The molecule has 19 heavy (non-hydrogen) atoms. The van der Waals surface area contributed by atoms with E-state index in [0.29, 0.717) is 35.6 Å². The SMILES string of the molecule is Fc1cccc(NCc2ccc(CSC(F)F)o2)n1. The van der Waals surface area contributed by atoms with Crippen molar-refractivity contribution >= 4 is 17.6 Å². The maximum absolute atomic E-state index is 12.8. The normalized spacial score (nSPS) is 10.9. The topological polar surface area (TPSA) is 38.1 Å². The minimum atomic E-state index is -2.41. The smallest absolute Gasteiger partial charge is 0.284 e. The zero-order valence-electron chi connectivity index (χ0n) is 9.78. The first-order valence-corrected chi connectivity index (χ1v) is 6.52. The first kappa shape index (κ1) is 13.8. The molecular weight excluding hydrogens is 277 g/mol. The number of hydrogen-bond acceptors (Lipinski definition) is 4. The van der Waals surface area contributed by atoms with Crippen molar-refractivity contribution in [2.75, 3.05) is 5.32 Å². The third-order valence-corrected chi connectivity index (χ3v) is 2.93. The summed E-state index contributed by atoms with van der Waals surface area (Å²) in [4.78, 5) is 3.63. The Morgan fingerprint density at radius 3 is 2.74 bits per heavy atom. The number of pyridine rings is 1. The zero-order valence-corrected chi connectivity index (χ0v) is 10.6. The zero-order chi connectivity index (χ0) is 13.7. The summed E-state index contributed by atoms with van der Waals surface area (Å²) < 4.78 is 42.2. The van der Waals surface area contributed by atoms with E-state index in [4.69, 9.17) is 4.42 Å². The van der Waals surface area contributed by atoms with Crippen LogP contribution in [0.5, 0.6) is 0 Å². The molecule has 102 valence electrons. The van der Waals surface area contributed by atoms with Crippen LogP contribution in [0.15, 0.2) is 34.7 Å².